The summed E-state index contributed by atoms with van der Waals surface area (Å²) in [6.07, 6.45) is 0.160. The molecule has 2 atom stereocenters. The summed E-state index contributed by atoms with van der Waals surface area (Å²) in [4.78, 5) is 8.50. The van der Waals surface area contributed by atoms with Crippen molar-refractivity contribution >= 4 is 29.9 Å². The van der Waals surface area contributed by atoms with Crippen LogP contribution in [-0.4, -0.2) is 81.0 Å². The highest BCUT2D eigenvalue weighted by atomic mass is 127. The van der Waals surface area contributed by atoms with E-state index < -0.39 is 12.7 Å². The molecular weight excluding hydrogens is 524 g/mol. The van der Waals surface area contributed by atoms with Gasteiger partial charge in [-0.25, -0.2) is 0 Å². The van der Waals surface area contributed by atoms with E-state index in [9.17, 15) is 13.2 Å². The number of nitrogens with zero attached hydrogens (tertiary/aromatic N) is 3. The van der Waals surface area contributed by atoms with E-state index in [0.717, 1.165) is 57.3 Å². The Morgan fingerprint density at radius 1 is 1.32 bits per heavy atom. The van der Waals surface area contributed by atoms with Crippen LogP contribution in [0.3, 0.4) is 0 Å². The molecule has 2 aliphatic rings. The maximum atomic E-state index is 12.8. The van der Waals surface area contributed by atoms with Crippen molar-refractivity contribution in [3.8, 4) is 0 Å². The molecule has 6 nitrogen and oxygen atoms in total. The Hall–Kier alpha value is -1.01. The molecule has 2 unspecified atom stereocenters. The predicted molar refractivity (Wildman–Crippen MR) is 125 cm³/mol. The first-order valence-electron chi connectivity index (χ1n) is 10.9. The highest BCUT2D eigenvalue weighted by Crippen LogP contribution is 2.22. The second kappa shape index (κ2) is 12.9. The largest absolute Gasteiger partial charge is 0.469 e. The molecule has 10 heteroatoms. The maximum absolute atomic E-state index is 12.8. The molecule has 0 bridgehead atoms. The molecule has 0 aromatic carbocycles. The number of hydrogen-bond donors (Lipinski definition) is 1. The van der Waals surface area contributed by atoms with Crippen molar-refractivity contribution in [1.82, 2.24) is 15.1 Å². The second-order valence-corrected chi connectivity index (χ2v) is 8.19. The number of aliphatic imine (C=N–C) groups is 1. The van der Waals surface area contributed by atoms with Crippen molar-refractivity contribution in [2.45, 2.75) is 32.4 Å². The minimum absolute atomic E-state index is 0. The first-order valence-corrected chi connectivity index (χ1v) is 10.9. The van der Waals surface area contributed by atoms with Gasteiger partial charge in [-0.1, -0.05) is 6.92 Å². The Bertz CT molecular complexity index is 652. The molecule has 3 rings (SSSR count). The average Bonchev–Trinajstić information content (AvgIpc) is 3.45. The standard InChI is InChI=1S/C21H33F3N4O2.HI/c1-2-27(16-21(22,23)24)13-18-6-9-28(14-18)20(26-12-17-7-11-29-15-17)25-8-5-19-4-3-10-30-19;/h3-4,10,17-18H,2,5-9,11-16H2,1H3,(H,25,26);1H. The van der Waals surface area contributed by atoms with E-state index in [1.165, 1.54) is 4.90 Å². The smallest absolute Gasteiger partial charge is 0.401 e. The van der Waals surface area contributed by atoms with Crippen LogP contribution in [0, 0.1) is 11.8 Å². The zero-order valence-corrected chi connectivity index (χ0v) is 20.4. The van der Waals surface area contributed by atoms with Crippen molar-refractivity contribution in [3.05, 3.63) is 24.2 Å². The van der Waals surface area contributed by atoms with E-state index in [0.29, 0.717) is 32.1 Å². The van der Waals surface area contributed by atoms with Crippen LogP contribution in [0.5, 0.6) is 0 Å². The predicted octanol–water partition coefficient (Wildman–Crippen LogP) is 3.63. The fourth-order valence-corrected chi connectivity index (χ4v) is 4.06. The third-order valence-electron chi connectivity index (χ3n) is 5.71. The molecule has 3 heterocycles. The van der Waals surface area contributed by atoms with E-state index in [-0.39, 0.29) is 29.9 Å². The van der Waals surface area contributed by atoms with E-state index >= 15 is 0 Å². The van der Waals surface area contributed by atoms with Gasteiger partial charge in [0.2, 0.25) is 0 Å². The lowest BCUT2D eigenvalue weighted by Crippen LogP contribution is -2.42. The molecule has 1 aromatic rings. The van der Waals surface area contributed by atoms with Gasteiger partial charge in [-0.05, 0) is 37.4 Å². The molecule has 2 saturated heterocycles. The molecule has 1 aromatic heterocycles. The van der Waals surface area contributed by atoms with Gasteiger partial charge in [-0.3, -0.25) is 9.89 Å². The Balaban J connectivity index is 0.00000341. The molecule has 1 N–H and O–H groups in total. The molecule has 2 fully saturated rings. The number of rotatable bonds is 9. The number of alkyl halides is 3. The Morgan fingerprint density at radius 3 is 2.81 bits per heavy atom. The summed E-state index contributed by atoms with van der Waals surface area (Å²) >= 11 is 0. The van der Waals surface area contributed by atoms with Gasteiger partial charge in [-0.15, -0.1) is 24.0 Å². The number of nitrogens with one attached hydrogen (secondary N) is 1. The van der Waals surface area contributed by atoms with E-state index in [1.807, 2.05) is 12.1 Å². The van der Waals surface area contributed by atoms with Gasteiger partial charge in [0.15, 0.2) is 5.96 Å². The van der Waals surface area contributed by atoms with Gasteiger partial charge in [0.25, 0.3) is 0 Å². The number of likely N-dealkylation sites (tertiary alicyclic amines) is 1. The lowest BCUT2D eigenvalue weighted by Gasteiger charge is -2.26. The maximum Gasteiger partial charge on any atom is 0.401 e. The lowest BCUT2D eigenvalue weighted by atomic mass is 10.1. The monoisotopic (exact) mass is 558 g/mol. The van der Waals surface area contributed by atoms with Crippen molar-refractivity contribution < 1.29 is 22.3 Å². The van der Waals surface area contributed by atoms with Crippen molar-refractivity contribution in [2.24, 2.45) is 16.8 Å². The first-order chi connectivity index (χ1) is 14.4. The normalized spacial score (nSPS) is 22.2. The van der Waals surface area contributed by atoms with E-state index in [1.54, 1.807) is 13.2 Å². The average molecular weight is 558 g/mol. The van der Waals surface area contributed by atoms with E-state index in [2.05, 4.69) is 10.2 Å². The molecule has 0 amide bonds. The Kier molecular flexibility index (Phi) is 10.9. The minimum Gasteiger partial charge on any atom is -0.469 e. The van der Waals surface area contributed by atoms with Crippen LogP contribution in [0.4, 0.5) is 13.2 Å². The van der Waals surface area contributed by atoms with Crippen LogP contribution in [0.1, 0.15) is 25.5 Å². The summed E-state index contributed by atoms with van der Waals surface area (Å²) in [6, 6.07) is 3.82. The van der Waals surface area contributed by atoms with Gasteiger partial charge >= 0.3 is 6.18 Å². The van der Waals surface area contributed by atoms with Crippen LogP contribution in [0.15, 0.2) is 27.8 Å². The fourth-order valence-electron chi connectivity index (χ4n) is 4.06. The van der Waals surface area contributed by atoms with Gasteiger partial charge in [0.1, 0.15) is 5.76 Å². The summed E-state index contributed by atoms with van der Waals surface area (Å²) < 4.78 is 49.2. The lowest BCUT2D eigenvalue weighted by molar-refractivity contribution is -0.146. The number of halogens is 4. The zero-order valence-electron chi connectivity index (χ0n) is 18.1. The molecule has 31 heavy (non-hydrogen) atoms. The highest BCUT2D eigenvalue weighted by Gasteiger charge is 2.33. The molecule has 0 aliphatic carbocycles. The minimum atomic E-state index is -4.16. The van der Waals surface area contributed by atoms with Crippen molar-refractivity contribution in [1.29, 1.82) is 0 Å². The summed E-state index contributed by atoms with van der Waals surface area (Å²) in [5.41, 5.74) is 0. The van der Waals surface area contributed by atoms with Gasteiger partial charge in [0.05, 0.1) is 19.4 Å². The van der Waals surface area contributed by atoms with E-state index in [4.69, 9.17) is 14.1 Å². The Morgan fingerprint density at radius 2 is 2.16 bits per heavy atom. The van der Waals surface area contributed by atoms with Crippen LogP contribution in [0.25, 0.3) is 0 Å². The molecule has 2 aliphatic heterocycles. The quantitative estimate of drug-likeness (QED) is 0.285. The molecule has 0 spiro atoms. The van der Waals surface area contributed by atoms with Crippen LogP contribution < -0.4 is 5.32 Å². The Labute approximate surface area is 199 Å². The number of ether oxygens (including phenoxy) is 1. The second-order valence-electron chi connectivity index (χ2n) is 8.19. The van der Waals surface area contributed by atoms with Crippen LogP contribution >= 0.6 is 24.0 Å². The topological polar surface area (TPSA) is 53.2 Å². The fraction of sp³-hybridized carbons (Fsp3) is 0.762. The van der Waals surface area contributed by atoms with Crippen LogP contribution in [-0.2, 0) is 11.2 Å². The molecule has 0 saturated carbocycles. The number of guanidine groups is 1. The third kappa shape index (κ3) is 9.17. The summed E-state index contributed by atoms with van der Waals surface area (Å²) in [6.45, 7) is 6.28. The number of furan rings is 1. The number of hydrogen-bond acceptors (Lipinski definition) is 4. The third-order valence-corrected chi connectivity index (χ3v) is 5.71. The first kappa shape index (κ1) is 26.2. The SMILES string of the molecule is CCN(CC1CCN(C(=NCC2CCOC2)NCCc2ccco2)C1)CC(F)(F)F.I. The summed E-state index contributed by atoms with van der Waals surface area (Å²) in [7, 11) is 0. The highest BCUT2D eigenvalue weighted by molar-refractivity contribution is 14.0. The molecular formula is C21H34F3IN4O2. The summed E-state index contributed by atoms with van der Waals surface area (Å²) in [5, 5.41) is 3.43. The van der Waals surface area contributed by atoms with Crippen LogP contribution in [0.2, 0.25) is 0 Å². The van der Waals surface area contributed by atoms with Crippen molar-refractivity contribution in [2.75, 3.05) is 59.0 Å². The van der Waals surface area contributed by atoms with Gasteiger partial charge in [0, 0.05) is 51.7 Å². The zero-order chi connectivity index (χ0) is 21.4. The van der Waals surface area contributed by atoms with Gasteiger partial charge in [-0.2, -0.15) is 13.2 Å². The van der Waals surface area contributed by atoms with Gasteiger partial charge < -0.3 is 19.4 Å². The summed E-state index contributed by atoms with van der Waals surface area (Å²) in [5.74, 6) is 2.40. The van der Waals surface area contributed by atoms with Crippen molar-refractivity contribution in [3.63, 3.8) is 0 Å². The molecule has 178 valence electrons. The molecule has 0 radical (unpaired) electrons.